The first-order valence-electron chi connectivity index (χ1n) is 12.6. The maximum Gasteiger partial charge on any atom is 0.313 e. The van der Waals surface area contributed by atoms with Crippen molar-refractivity contribution in [3.05, 3.63) is 118 Å². The van der Waals surface area contributed by atoms with Crippen LogP contribution in [-0.4, -0.2) is 36.1 Å². The van der Waals surface area contributed by atoms with Gasteiger partial charge in [0.2, 0.25) is 0 Å². The highest BCUT2D eigenvalue weighted by Gasteiger charge is 2.45. The van der Waals surface area contributed by atoms with E-state index >= 15 is 0 Å². The average Bonchev–Trinajstić information content (AvgIpc) is 2.98. The number of carboxylic acids is 1. The van der Waals surface area contributed by atoms with Gasteiger partial charge in [-0.3, -0.25) is 19.3 Å². The maximum atomic E-state index is 13.9. The average molecular weight is 555 g/mol. The second-order valence-electron chi connectivity index (χ2n) is 9.43. The minimum atomic E-state index is -1.07. The molecule has 2 N–H and O–H groups in total. The highest BCUT2D eigenvalue weighted by molar-refractivity contribution is 6.30. The summed E-state index contributed by atoms with van der Waals surface area (Å²) in [5.74, 6) is -1.74. The van der Waals surface area contributed by atoms with Gasteiger partial charge in [-0.2, -0.15) is 0 Å². The van der Waals surface area contributed by atoms with Gasteiger partial charge in [-0.05, 0) is 77.9 Å². The summed E-state index contributed by atoms with van der Waals surface area (Å²) in [6, 6.07) is 24.3. The van der Waals surface area contributed by atoms with E-state index in [2.05, 4.69) is 5.32 Å². The Kier molecular flexibility index (Phi) is 6.61. The van der Waals surface area contributed by atoms with Crippen LogP contribution in [0.4, 0.5) is 11.4 Å². The Bertz CT molecular complexity index is 1620. The number of rotatable bonds is 5. The predicted octanol–water partition coefficient (Wildman–Crippen LogP) is 5.93. The Balaban J connectivity index is 1.40. The van der Waals surface area contributed by atoms with Gasteiger partial charge in [-0.15, -0.1) is 0 Å². The number of nitrogens with one attached hydrogen (secondary N) is 1. The fourth-order valence-electron chi connectivity index (χ4n) is 5.18. The lowest BCUT2D eigenvalue weighted by Gasteiger charge is -2.41. The highest BCUT2D eigenvalue weighted by atomic mass is 35.5. The quantitative estimate of drug-likeness (QED) is 0.317. The normalized spacial score (nSPS) is 17.6. The number of aliphatic carboxylic acids is 1. The highest BCUT2D eigenvalue weighted by Crippen LogP contribution is 2.46. The van der Waals surface area contributed by atoms with Crippen LogP contribution in [0, 0.1) is 0 Å². The molecule has 2 aliphatic rings. The molecule has 0 saturated heterocycles. The first-order chi connectivity index (χ1) is 19.4. The van der Waals surface area contributed by atoms with E-state index in [0.717, 1.165) is 0 Å². The zero-order valence-electron chi connectivity index (χ0n) is 21.0. The Morgan fingerprint density at radius 2 is 1.57 bits per heavy atom. The molecule has 40 heavy (non-hydrogen) atoms. The van der Waals surface area contributed by atoms with Crippen molar-refractivity contribution in [3.63, 3.8) is 0 Å². The molecule has 0 fully saturated rings. The Morgan fingerprint density at radius 1 is 0.875 bits per heavy atom. The molecule has 0 unspecified atom stereocenters. The van der Waals surface area contributed by atoms with Crippen molar-refractivity contribution in [1.29, 1.82) is 0 Å². The first-order valence-corrected chi connectivity index (χ1v) is 13.0. The van der Waals surface area contributed by atoms with Crippen LogP contribution in [-0.2, 0) is 4.79 Å². The van der Waals surface area contributed by atoms with Gasteiger partial charge in [0.05, 0.1) is 6.04 Å². The summed E-state index contributed by atoms with van der Waals surface area (Å²) in [7, 11) is 0. The summed E-state index contributed by atoms with van der Waals surface area (Å²) in [6.07, 6.45) is 0. The zero-order chi connectivity index (χ0) is 27.8. The standard InChI is InChI=1S/C31H23ClN2O6/c32-20-8-10-21(11-9-20)33-29(35)18-5-12-22(13-6-18)34-28(19-7-14-25-26(17-19)40-16-15-39-25)27(31(37)38)23-3-1-2-4-24(23)30(34)36/h1-14,17,27-28H,15-16H2,(H,33,35)(H,37,38)/t27-,28+/m1/s1. The second-order valence-corrected chi connectivity index (χ2v) is 9.87. The van der Waals surface area contributed by atoms with Gasteiger partial charge in [0.15, 0.2) is 11.5 Å². The molecule has 2 aliphatic heterocycles. The van der Waals surface area contributed by atoms with Gasteiger partial charge < -0.3 is 19.9 Å². The first kappa shape index (κ1) is 25.5. The molecular formula is C31H23ClN2O6. The largest absolute Gasteiger partial charge is 0.486 e. The van der Waals surface area contributed by atoms with Gasteiger partial charge in [0, 0.05) is 27.5 Å². The minimum Gasteiger partial charge on any atom is -0.486 e. The van der Waals surface area contributed by atoms with Crippen molar-refractivity contribution >= 4 is 40.8 Å². The molecule has 0 aliphatic carbocycles. The molecule has 4 aromatic carbocycles. The molecule has 2 amide bonds. The number of halogens is 1. The van der Waals surface area contributed by atoms with Crippen molar-refractivity contribution in [2.45, 2.75) is 12.0 Å². The third-order valence-electron chi connectivity index (χ3n) is 7.02. The molecule has 200 valence electrons. The number of anilines is 2. The molecule has 0 saturated carbocycles. The van der Waals surface area contributed by atoms with Crippen LogP contribution in [0.1, 0.15) is 43.8 Å². The van der Waals surface area contributed by atoms with Gasteiger partial charge in [0.1, 0.15) is 19.1 Å². The number of hydrogen-bond acceptors (Lipinski definition) is 5. The minimum absolute atomic E-state index is 0.313. The summed E-state index contributed by atoms with van der Waals surface area (Å²) in [5, 5.41) is 13.8. The zero-order valence-corrected chi connectivity index (χ0v) is 21.8. The molecule has 0 bridgehead atoms. The van der Waals surface area contributed by atoms with Crippen molar-refractivity contribution in [3.8, 4) is 11.5 Å². The van der Waals surface area contributed by atoms with E-state index in [-0.39, 0.29) is 11.8 Å². The number of amides is 2. The number of carbonyl (C=O) groups is 3. The fourth-order valence-corrected chi connectivity index (χ4v) is 5.31. The predicted molar refractivity (Wildman–Crippen MR) is 150 cm³/mol. The number of ether oxygens (including phenoxy) is 2. The van der Waals surface area contributed by atoms with Crippen molar-refractivity contribution < 1.29 is 29.0 Å². The van der Waals surface area contributed by atoms with Gasteiger partial charge in [0.25, 0.3) is 11.8 Å². The van der Waals surface area contributed by atoms with Crippen LogP contribution < -0.4 is 19.7 Å². The maximum absolute atomic E-state index is 13.9. The van der Waals surface area contributed by atoms with E-state index in [1.165, 1.54) is 4.90 Å². The summed E-state index contributed by atoms with van der Waals surface area (Å²) in [4.78, 5) is 41.0. The molecule has 6 rings (SSSR count). The third-order valence-corrected chi connectivity index (χ3v) is 7.27. The van der Waals surface area contributed by atoms with Gasteiger partial charge >= 0.3 is 5.97 Å². The van der Waals surface area contributed by atoms with E-state index in [9.17, 15) is 19.5 Å². The number of fused-ring (bicyclic) bond motifs is 2. The van der Waals surface area contributed by atoms with Crippen LogP contribution >= 0.6 is 11.6 Å². The summed E-state index contributed by atoms with van der Waals surface area (Å²) < 4.78 is 11.4. The molecule has 0 radical (unpaired) electrons. The van der Waals surface area contributed by atoms with Crippen LogP contribution in [0.15, 0.2) is 91.0 Å². The number of carboxylic acid groups (broad SMARTS) is 1. The van der Waals surface area contributed by atoms with Crippen LogP contribution in [0.2, 0.25) is 5.02 Å². The molecule has 0 aromatic heterocycles. The van der Waals surface area contributed by atoms with Crippen molar-refractivity contribution in [2.75, 3.05) is 23.4 Å². The van der Waals surface area contributed by atoms with Crippen LogP contribution in [0.5, 0.6) is 11.5 Å². The molecule has 2 heterocycles. The Hall–Kier alpha value is -4.82. The lowest BCUT2D eigenvalue weighted by atomic mass is 9.79. The second kappa shape index (κ2) is 10.4. The number of benzene rings is 4. The van der Waals surface area contributed by atoms with E-state index in [1.807, 2.05) is 0 Å². The summed E-state index contributed by atoms with van der Waals surface area (Å²) >= 11 is 5.93. The molecule has 0 spiro atoms. The van der Waals surface area contributed by atoms with Crippen LogP contribution in [0.25, 0.3) is 0 Å². The number of nitrogens with zero attached hydrogens (tertiary/aromatic N) is 1. The fraction of sp³-hybridized carbons (Fsp3) is 0.129. The monoisotopic (exact) mass is 554 g/mol. The van der Waals surface area contributed by atoms with Crippen molar-refractivity contribution in [2.24, 2.45) is 0 Å². The molecule has 4 aromatic rings. The molecular weight excluding hydrogens is 532 g/mol. The van der Waals surface area contributed by atoms with E-state index in [0.29, 0.717) is 63.4 Å². The lowest BCUT2D eigenvalue weighted by molar-refractivity contribution is -0.139. The van der Waals surface area contributed by atoms with E-state index < -0.39 is 17.9 Å². The SMILES string of the molecule is O=C(Nc1ccc(Cl)cc1)c1ccc(N2C(=O)c3ccccc3[C@@H](C(=O)O)[C@@H]2c2ccc3c(c2)OCCO3)cc1. The van der Waals surface area contributed by atoms with E-state index in [4.69, 9.17) is 21.1 Å². The van der Waals surface area contributed by atoms with Gasteiger partial charge in [-0.25, -0.2) is 0 Å². The number of hydrogen-bond donors (Lipinski definition) is 2. The molecule has 2 atom stereocenters. The lowest BCUT2D eigenvalue weighted by Crippen LogP contribution is -2.45. The number of carbonyl (C=O) groups excluding carboxylic acids is 2. The Morgan fingerprint density at radius 3 is 2.30 bits per heavy atom. The third kappa shape index (κ3) is 4.63. The summed E-state index contributed by atoms with van der Waals surface area (Å²) in [5.41, 5.74) is 2.75. The smallest absolute Gasteiger partial charge is 0.313 e. The summed E-state index contributed by atoms with van der Waals surface area (Å²) in [6.45, 7) is 0.790. The van der Waals surface area contributed by atoms with Crippen molar-refractivity contribution in [1.82, 2.24) is 0 Å². The van der Waals surface area contributed by atoms with E-state index in [1.54, 1.807) is 91.0 Å². The topological polar surface area (TPSA) is 105 Å². The molecule has 8 nitrogen and oxygen atoms in total. The molecule has 9 heteroatoms. The van der Waals surface area contributed by atoms with Crippen LogP contribution in [0.3, 0.4) is 0 Å². The Labute approximate surface area is 234 Å². The van der Waals surface area contributed by atoms with Gasteiger partial charge in [-0.1, -0.05) is 35.9 Å².